The fourth-order valence-corrected chi connectivity index (χ4v) is 2.93. The van der Waals surface area contributed by atoms with Gasteiger partial charge in [-0.05, 0) is 50.0 Å². The summed E-state index contributed by atoms with van der Waals surface area (Å²) in [7, 11) is 1.91. The molecule has 1 unspecified atom stereocenters. The number of halogens is 1. The van der Waals surface area contributed by atoms with Gasteiger partial charge in [-0.3, -0.25) is 9.59 Å². The molecule has 1 aliphatic heterocycles. The third kappa shape index (κ3) is 5.63. The third-order valence-electron chi connectivity index (χ3n) is 4.05. The number of hydrogen-bond acceptors (Lipinski definition) is 3. The van der Waals surface area contributed by atoms with E-state index in [4.69, 9.17) is 0 Å². The van der Waals surface area contributed by atoms with Crippen LogP contribution in [0.2, 0.25) is 0 Å². The Bertz CT molecular complexity index is 548. The van der Waals surface area contributed by atoms with Gasteiger partial charge in [0.15, 0.2) is 0 Å². The van der Waals surface area contributed by atoms with Crippen molar-refractivity contribution in [2.24, 2.45) is 5.92 Å². The first kappa shape index (κ1) is 17.4. The Balaban J connectivity index is 1.76. The Morgan fingerprint density at radius 2 is 2.22 bits per heavy atom. The molecule has 2 N–H and O–H groups in total. The van der Waals surface area contributed by atoms with Gasteiger partial charge in [0.05, 0.1) is 13.0 Å². The summed E-state index contributed by atoms with van der Waals surface area (Å²) in [4.78, 5) is 25.9. The minimum Gasteiger partial charge on any atom is -0.347 e. The predicted molar refractivity (Wildman–Crippen MR) is 86.3 cm³/mol. The summed E-state index contributed by atoms with van der Waals surface area (Å²) in [5, 5.41) is 5.77. The highest BCUT2D eigenvalue weighted by Crippen LogP contribution is 2.15. The van der Waals surface area contributed by atoms with Crippen LogP contribution in [0.25, 0.3) is 0 Å². The van der Waals surface area contributed by atoms with Crippen LogP contribution in [0.15, 0.2) is 24.3 Å². The number of piperidine rings is 1. The van der Waals surface area contributed by atoms with E-state index in [1.54, 1.807) is 12.1 Å². The molecule has 1 saturated heterocycles. The van der Waals surface area contributed by atoms with Crippen LogP contribution in [-0.4, -0.2) is 49.9 Å². The van der Waals surface area contributed by atoms with Gasteiger partial charge in [0.25, 0.3) is 0 Å². The SMILES string of the molecule is CNCC1CCCN(C(=O)CNC(=O)Cc2cccc(F)c2)C1. The normalized spacial score (nSPS) is 17.8. The van der Waals surface area contributed by atoms with E-state index in [1.165, 1.54) is 12.1 Å². The molecule has 126 valence electrons. The van der Waals surface area contributed by atoms with Crippen molar-refractivity contribution >= 4 is 11.8 Å². The lowest BCUT2D eigenvalue weighted by Crippen LogP contribution is -2.46. The maximum atomic E-state index is 13.1. The molecule has 2 amide bonds. The van der Waals surface area contributed by atoms with Gasteiger partial charge in [0, 0.05) is 13.1 Å². The highest BCUT2D eigenvalue weighted by Gasteiger charge is 2.23. The number of benzene rings is 1. The molecule has 1 aliphatic rings. The summed E-state index contributed by atoms with van der Waals surface area (Å²) in [6.45, 7) is 2.38. The third-order valence-corrected chi connectivity index (χ3v) is 4.05. The van der Waals surface area contributed by atoms with Crippen LogP contribution in [0.4, 0.5) is 4.39 Å². The Hall–Kier alpha value is -1.95. The lowest BCUT2D eigenvalue weighted by atomic mass is 9.98. The van der Waals surface area contributed by atoms with Gasteiger partial charge in [-0.2, -0.15) is 0 Å². The molecule has 0 aliphatic carbocycles. The zero-order chi connectivity index (χ0) is 16.7. The van der Waals surface area contributed by atoms with E-state index in [0.717, 1.165) is 32.5 Å². The van der Waals surface area contributed by atoms with Gasteiger partial charge in [-0.15, -0.1) is 0 Å². The van der Waals surface area contributed by atoms with Gasteiger partial charge < -0.3 is 15.5 Å². The summed E-state index contributed by atoms with van der Waals surface area (Å²) >= 11 is 0. The van der Waals surface area contributed by atoms with Gasteiger partial charge in [-0.25, -0.2) is 4.39 Å². The van der Waals surface area contributed by atoms with Crippen molar-refractivity contribution in [3.63, 3.8) is 0 Å². The zero-order valence-electron chi connectivity index (χ0n) is 13.5. The van der Waals surface area contributed by atoms with Crippen molar-refractivity contribution in [3.05, 3.63) is 35.6 Å². The summed E-state index contributed by atoms with van der Waals surface area (Å²) < 4.78 is 13.1. The molecule has 0 aromatic heterocycles. The van der Waals surface area contributed by atoms with Gasteiger partial charge in [-0.1, -0.05) is 12.1 Å². The van der Waals surface area contributed by atoms with Crippen molar-refractivity contribution < 1.29 is 14.0 Å². The number of carbonyl (C=O) groups excluding carboxylic acids is 2. The van der Waals surface area contributed by atoms with E-state index < -0.39 is 0 Å². The molecular weight excluding hydrogens is 297 g/mol. The number of nitrogens with one attached hydrogen (secondary N) is 2. The highest BCUT2D eigenvalue weighted by atomic mass is 19.1. The molecule has 23 heavy (non-hydrogen) atoms. The van der Waals surface area contributed by atoms with Crippen LogP contribution in [0.5, 0.6) is 0 Å². The fraction of sp³-hybridized carbons (Fsp3) is 0.529. The van der Waals surface area contributed by atoms with Crippen molar-refractivity contribution in [3.8, 4) is 0 Å². The number of amides is 2. The average Bonchev–Trinajstić information content (AvgIpc) is 2.53. The number of rotatable bonds is 6. The molecule has 0 spiro atoms. The van der Waals surface area contributed by atoms with Crippen molar-refractivity contribution in [1.82, 2.24) is 15.5 Å². The summed E-state index contributed by atoms with van der Waals surface area (Å²) in [6.07, 6.45) is 2.19. The second-order valence-corrected chi connectivity index (χ2v) is 5.99. The molecule has 1 aromatic rings. The van der Waals surface area contributed by atoms with Gasteiger partial charge in [0.1, 0.15) is 5.82 Å². The second-order valence-electron chi connectivity index (χ2n) is 5.99. The van der Waals surface area contributed by atoms with Crippen LogP contribution in [0.3, 0.4) is 0 Å². The predicted octanol–water partition coefficient (Wildman–Crippen LogP) is 0.942. The van der Waals surface area contributed by atoms with Crippen LogP contribution in [-0.2, 0) is 16.0 Å². The van der Waals surface area contributed by atoms with Crippen molar-refractivity contribution in [2.45, 2.75) is 19.3 Å². The molecular formula is C17H24FN3O2. The maximum absolute atomic E-state index is 13.1. The van der Waals surface area contributed by atoms with E-state index in [1.807, 2.05) is 11.9 Å². The zero-order valence-corrected chi connectivity index (χ0v) is 13.5. The molecule has 1 atom stereocenters. The lowest BCUT2D eigenvalue weighted by molar-refractivity contribution is -0.134. The van der Waals surface area contributed by atoms with Crippen LogP contribution in [0, 0.1) is 11.7 Å². The monoisotopic (exact) mass is 321 g/mol. The molecule has 1 heterocycles. The summed E-state index contributed by atoms with van der Waals surface area (Å²) in [6, 6.07) is 5.92. The Kier molecular flexibility index (Phi) is 6.52. The minimum absolute atomic E-state index is 0.000419. The van der Waals surface area contributed by atoms with Crippen LogP contribution >= 0.6 is 0 Å². The Labute approximate surface area is 136 Å². The van der Waals surface area contributed by atoms with E-state index in [9.17, 15) is 14.0 Å². The quantitative estimate of drug-likeness (QED) is 0.820. The van der Waals surface area contributed by atoms with Gasteiger partial charge >= 0.3 is 0 Å². The average molecular weight is 321 g/mol. The number of hydrogen-bond donors (Lipinski definition) is 2. The van der Waals surface area contributed by atoms with Gasteiger partial charge in [0.2, 0.25) is 11.8 Å². The lowest BCUT2D eigenvalue weighted by Gasteiger charge is -2.32. The van der Waals surface area contributed by atoms with Crippen LogP contribution in [0.1, 0.15) is 18.4 Å². The number of likely N-dealkylation sites (tertiary alicyclic amines) is 1. The first-order valence-electron chi connectivity index (χ1n) is 8.02. The standard InChI is InChI=1S/C17H24FN3O2/c1-19-10-14-5-3-7-21(12-14)17(23)11-20-16(22)9-13-4-2-6-15(18)8-13/h2,4,6,8,14,19H,3,5,7,9-12H2,1H3,(H,20,22). The fourth-order valence-electron chi connectivity index (χ4n) is 2.93. The maximum Gasteiger partial charge on any atom is 0.241 e. The molecule has 1 aromatic carbocycles. The highest BCUT2D eigenvalue weighted by molar-refractivity contribution is 5.85. The molecule has 0 radical (unpaired) electrons. The first-order valence-corrected chi connectivity index (χ1v) is 8.02. The smallest absolute Gasteiger partial charge is 0.241 e. The number of nitrogens with zero attached hydrogens (tertiary/aromatic N) is 1. The number of carbonyl (C=O) groups is 2. The molecule has 5 nitrogen and oxygen atoms in total. The largest absolute Gasteiger partial charge is 0.347 e. The second kappa shape index (κ2) is 8.62. The molecule has 0 bridgehead atoms. The van der Waals surface area contributed by atoms with E-state index in [0.29, 0.717) is 11.5 Å². The molecule has 6 heteroatoms. The summed E-state index contributed by atoms with van der Waals surface area (Å²) in [5.74, 6) is -0.220. The summed E-state index contributed by atoms with van der Waals surface area (Å²) in [5.41, 5.74) is 0.599. The van der Waals surface area contributed by atoms with Crippen LogP contribution < -0.4 is 10.6 Å². The molecule has 1 fully saturated rings. The van der Waals surface area contributed by atoms with E-state index in [2.05, 4.69) is 10.6 Å². The minimum atomic E-state index is -0.365. The van der Waals surface area contributed by atoms with E-state index >= 15 is 0 Å². The topological polar surface area (TPSA) is 61.4 Å². The molecule has 2 rings (SSSR count). The van der Waals surface area contributed by atoms with Crippen molar-refractivity contribution in [2.75, 3.05) is 33.2 Å². The molecule has 0 saturated carbocycles. The van der Waals surface area contributed by atoms with E-state index in [-0.39, 0.29) is 30.6 Å². The van der Waals surface area contributed by atoms with Crippen molar-refractivity contribution in [1.29, 1.82) is 0 Å². The first-order chi connectivity index (χ1) is 11.1. The Morgan fingerprint density at radius 1 is 1.39 bits per heavy atom. The Morgan fingerprint density at radius 3 is 2.96 bits per heavy atom.